The Morgan fingerprint density at radius 1 is 0.950 bits per heavy atom. The summed E-state index contributed by atoms with van der Waals surface area (Å²) < 4.78 is 0. The molecular formula is C19H23P. The number of rotatable bonds is 5. The van der Waals surface area contributed by atoms with Gasteiger partial charge < -0.3 is 0 Å². The summed E-state index contributed by atoms with van der Waals surface area (Å²) in [6.07, 6.45) is 3.26. The highest BCUT2D eigenvalue weighted by Crippen LogP contribution is 2.25. The van der Waals surface area contributed by atoms with Gasteiger partial charge in [-0.25, -0.2) is 0 Å². The molecule has 0 nitrogen and oxygen atoms in total. The minimum atomic E-state index is -0.0170. The average molecular weight is 282 g/mol. The van der Waals surface area contributed by atoms with Gasteiger partial charge in [0.15, 0.2) is 0 Å². The van der Waals surface area contributed by atoms with E-state index in [-0.39, 0.29) is 7.92 Å². The zero-order valence-electron chi connectivity index (χ0n) is 13.0. The van der Waals surface area contributed by atoms with Gasteiger partial charge in [-0.05, 0) is 67.6 Å². The number of hydrogen-bond donors (Lipinski definition) is 0. The Kier molecular flexibility index (Phi) is 5.22. The smallest absolute Gasteiger partial charge is 0.00275 e. The van der Waals surface area contributed by atoms with Crippen molar-refractivity contribution in [2.24, 2.45) is 0 Å². The van der Waals surface area contributed by atoms with E-state index in [2.05, 4.69) is 69.6 Å². The number of aryl methyl sites for hydroxylation is 4. The lowest BCUT2D eigenvalue weighted by molar-refractivity contribution is 0.955. The average Bonchev–Trinajstić information content (AvgIpc) is 2.46. The highest BCUT2D eigenvalue weighted by atomic mass is 31.1. The van der Waals surface area contributed by atoms with E-state index in [1.54, 1.807) is 0 Å². The summed E-state index contributed by atoms with van der Waals surface area (Å²) in [4.78, 5) is 0. The predicted octanol–water partition coefficient (Wildman–Crippen LogP) is 4.31. The minimum absolute atomic E-state index is 0.0170. The molecule has 0 radical (unpaired) electrons. The van der Waals surface area contributed by atoms with Gasteiger partial charge in [0.2, 0.25) is 0 Å². The van der Waals surface area contributed by atoms with Crippen molar-refractivity contribution in [1.82, 2.24) is 0 Å². The molecule has 20 heavy (non-hydrogen) atoms. The largest absolute Gasteiger partial charge is 0.0817 e. The Morgan fingerprint density at radius 2 is 1.70 bits per heavy atom. The molecule has 0 N–H and O–H groups in total. The predicted molar refractivity (Wildman–Crippen MR) is 90.5 cm³/mol. The monoisotopic (exact) mass is 282 g/mol. The zero-order chi connectivity index (χ0) is 14.5. The van der Waals surface area contributed by atoms with Crippen LogP contribution < -0.4 is 5.30 Å². The third kappa shape index (κ3) is 4.09. The fourth-order valence-electron chi connectivity index (χ4n) is 2.26. The second-order valence-electron chi connectivity index (χ2n) is 5.55. The first kappa shape index (κ1) is 15.1. The van der Waals surface area contributed by atoms with E-state index in [1.807, 2.05) is 0 Å². The molecule has 2 aromatic rings. The summed E-state index contributed by atoms with van der Waals surface area (Å²) in [5.74, 6) is 0. The van der Waals surface area contributed by atoms with Crippen LogP contribution in [0.4, 0.5) is 0 Å². The molecule has 104 valence electrons. The normalized spacial score (nSPS) is 10.7. The second-order valence-corrected chi connectivity index (χ2v) is 7.85. The minimum Gasteiger partial charge on any atom is -0.0817 e. The number of benzene rings is 1. The van der Waals surface area contributed by atoms with Crippen molar-refractivity contribution in [3.8, 4) is 0 Å². The van der Waals surface area contributed by atoms with Gasteiger partial charge in [-0.1, -0.05) is 51.2 Å². The standard InChI is InChI=1S/C19H23P/c1-5-16-12-18(14-19(13-16)20(3)4)11-10-17-8-6-15(2)7-9-17/h6,8,12-14H,5,10-11H2,1-4H3. The number of hydrogen-bond acceptors (Lipinski definition) is 0. The van der Waals surface area contributed by atoms with Crippen molar-refractivity contribution in [1.29, 1.82) is 0 Å². The summed E-state index contributed by atoms with van der Waals surface area (Å²) in [5.41, 5.74) is 5.35. The zero-order valence-corrected chi connectivity index (χ0v) is 13.8. The fraction of sp³-hybridized carbons (Fsp3) is 0.368. The van der Waals surface area contributed by atoms with Crippen LogP contribution in [-0.2, 0) is 19.3 Å². The lowest BCUT2D eigenvalue weighted by Crippen LogP contribution is -2.04. The van der Waals surface area contributed by atoms with Crippen molar-refractivity contribution in [2.75, 3.05) is 13.3 Å². The van der Waals surface area contributed by atoms with E-state index in [0.717, 1.165) is 24.8 Å². The van der Waals surface area contributed by atoms with E-state index in [0.29, 0.717) is 0 Å². The Hall–Kier alpha value is -1.31. The molecular weight excluding hydrogens is 259 g/mol. The van der Waals surface area contributed by atoms with Crippen LogP contribution in [0.15, 0.2) is 30.3 Å². The van der Waals surface area contributed by atoms with Crippen molar-refractivity contribution in [3.05, 3.63) is 64.7 Å². The van der Waals surface area contributed by atoms with Gasteiger partial charge >= 0.3 is 0 Å². The summed E-state index contributed by atoms with van der Waals surface area (Å²) >= 11 is 0. The summed E-state index contributed by atoms with van der Waals surface area (Å²) in [6.45, 7) is 8.95. The van der Waals surface area contributed by atoms with Crippen LogP contribution in [0.25, 0.3) is 0 Å². The summed E-state index contributed by atoms with van der Waals surface area (Å²) in [5, 5.41) is 1.52. The van der Waals surface area contributed by atoms with Crippen molar-refractivity contribution >= 4 is 13.2 Å². The maximum atomic E-state index is 3.25. The molecule has 0 aliphatic carbocycles. The lowest BCUT2D eigenvalue weighted by Gasteiger charge is -2.11. The van der Waals surface area contributed by atoms with Gasteiger partial charge in [-0.3, -0.25) is 0 Å². The van der Waals surface area contributed by atoms with Gasteiger partial charge in [0.25, 0.3) is 0 Å². The van der Waals surface area contributed by atoms with E-state index in [1.165, 1.54) is 22.0 Å². The van der Waals surface area contributed by atoms with Crippen LogP contribution in [0.1, 0.15) is 29.2 Å². The Morgan fingerprint density at radius 3 is 2.30 bits per heavy atom. The van der Waals surface area contributed by atoms with Gasteiger partial charge in [0, 0.05) is 5.56 Å². The van der Waals surface area contributed by atoms with Gasteiger partial charge in [0.05, 0.1) is 0 Å². The van der Waals surface area contributed by atoms with E-state index in [4.69, 9.17) is 0 Å². The lowest BCUT2D eigenvalue weighted by atomic mass is 10.0. The van der Waals surface area contributed by atoms with Crippen molar-refractivity contribution in [3.63, 3.8) is 0 Å². The van der Waals surface area contributed by atoms with Gasteiger partial charge in [-0.2, -0.15) is 0 Å². The molecule has 0 atom stereocenters. The molecule has 0 amide bonds. The quantitative estimate of drug-likeness (QED) is 0.717. The molecule has 0 aliphatic rings. The molecule has 2 aromatic carbocycles. The SMILES string of the molecule is CCc1cc(CCc2c#cc(C)cc2)cc(P(C)C)c1. The molecule has 0 saturated heterocycles. The van der Waals surface area contributed by atoms with Crippen molar-refractivity contribution in [2.45, 2.75) is 33.1 Å². The molecule has 0 aliphatic heterocycles. The molecule has 0 saturated carbocycles. The molecule has 0 aromatic heterocycles. The van der Waals surface area contributed by atoms with E-state index < -0.39 is 0 Å². The van der Waals surface area contributed by atoms with Crippen molar-refractivity contribution < 1.29 is 0 Å². The van der Waals surface area contributed by atoms with Crippen LogP contribution >= 0.6 is 7.92 Å². The van der Waals surface area contributed by atoms with Crippen LogP contribution in [0.5, 0.6) is 0 Å². The van der Waals surface area contributed by atoms with E-state index in [9.17, 15) is 0 Å². The highest BCUT2D eigenvalue weighted by Gasteiger charge is 2.04. The second kappa shape index (κ2) is 6.92. The molecule has 0 fully saturated rings. The van der Waals surface area contributed by atoms with Gasteiger partial charge in [0.1, 0.15) is 0 Å². The van der Waals surface area contributed by atoms with Crippen LogP contribution in [0.2, 0.25) is 0 Å². The Bertz CT molecular complexity index is 552. The first-order valence-corrected chi connectivity index (χ1v) is 9.51. The molecule has 1 heteroatoms. The molecule has 2 rings (SSSR count). The molecule has 0 unspecified atom stereocenters. The Balaban J connectivity index is 2.12. The summed E-state index contributed by atoms with van der Waals surface area (Å²) in [6, 6.07) is 17.8. The first-order valence-electron chi connectivity index (χ1n) is 7.28. The van der Waals surface area contributed by atoms with Gasteiger partial charge in [-0.15, -0.1) is 0 Å². The van der Waals surface area contributed by atoms with Crippen LogP contribution in [0.3, 0.4) is 0 Å². The Labute approximate surface area is 125 Å². The maximum absolute atomic E-state index is 3.25. The summed E-state index contributed by atoms with van der Waals surface area (Å²) in [7, 11) is -0.0170. The molecule has 0 heterocycles. The maximum Gasteiger partial charge on any atom is 0.00275 e. The topological polar surface area (TPSA) is 0 Å². The third-order valence-corrected chi connectivity index (χ3v) is 4.89. The van der Waals surface area contributed by atoms with E-state index >= 15 is 0 Å². The molecule has 0 bridgehead atoms. The molecule has 0 spiro atoms. The van der Waals surface area contributed by atoms with Crippen LogP contribution in [0, 0.1) is 19.1 Å². The highest BCUT2D eigenvalue weighted by molar-refractivity contribution is 7.64. The van der Waals surface area contributed by atoms with Crippen LogP contribution in [-0.4, -0.2) is 13.3 Å². The third-order valence-electron chi connectivity index (χ3n) is 3.60. The fourth-order valence-corrected chi connectivity index (χ4v) is 3.11. The first-order chi connectivity index (χ1) is 9.58.